The first kappa shape index (κ1) is 27.5. The van der Waals surface area contributed by atoms with E-state index in [0.717, 1.165) is 48.7 Å². The van der Waals surface area contributed by atoms with Gasteiger partial charge in [0.25, 0.3) is 0 Å². The number of carbonyl (C=O) groups excluding carboxylic acids is 1. The minimum atomic E-state index is -1.33. The van der Waals surface area contributed by atoms with Crippen molar-refractivity contribution in [2.45, 2.75) is 62.8 Å². The number of nitrogens with zero attached hydrogens (tertiary/aromatic N) is 2. The van der Waals surface area contributed by atoms with Crippen molar-refractivity contribution >= 4 is 50.7 Å². The molecule has 2 aromatic heterocycles. The number of rotatable bonds is 7. The molecule has 2 aliphatic rings. The molecule has 1 N–H and O–H groups in total. The maximum atomic E-state index is 15.0. The van der Waals surface area contributed by atoms with E-state index in [1.807, 2.05) is 0 Å². The zero-order chi connectivity index (χ0) is 28.2. The van der Waals surface area contributed by atoms with Crippen molar-refractivity contribution in [3.8, 4) is 11.3 Å². The number of halogens is 4. The number of esters is 1. The zero-order valence-corrected chi connectivity index (χ0v) is 23.6. The molecule has 40 heavy (non-hydrogen) atoms. The lowest BCUT2D eigenvalue weighted by atomic mass is 9.83. The van der Waals surface area contributed by atoms with Crippen LogP contribution in [-0.4, -0.2) is 34.4 Å². The molecule has 210 valence electrons. The molecule has 12 heteroatoms. The molecule has 2 aromatic carbocycles. The summed E-state index contributed by atoms with van der Waals surface area (Å²) in [6.07, 6.45) is 3.53. The highest BCUT2D eigenvalue weighted by Gasteiger charge is 2.39. The second-order valence-electron chi connectivity index (χ2n) is 10.2. The fourth-order valence-corrected chi connectivity index (χ4v) is 6.89. The van der Waals surface area contributed by atoms with E-state index >= 15 is 0 Å². The van der Waals surface area contributed by atoms with Gasteiger partial charge < -0.3 is 19.1 Å². The molecule has 2 aliphatic carbocycles. The Bertz CT molecular complexity index is 1590. The zero-order valence-electron chi connectivity index (χ0n) is 21.3. The molecule has 4 aromatic rings. The summed E-state index contributed by atoms with van der Waals surface area (Å²) in [6, 6.07) is 6.25. The SMILES string of the molecule is COC(=O)c1c(F)cc2nc(C3(O)CCC(OCc4c(-c5c(Cl)cccc5Cl)noc4C4CC4)CC3)sc2c1F. The highest BCUT2D eigenvalue weighted by atomic mass is 35.5. The van der Waals surface area contributed by atoms with Crippen LogP contribution in [0.4, 0.5) is 8.78 Å². The van der Waals surface area contributed by atoms with E-state index in [2.05, 4.69) is 14.9 Å². The fourth-order valence-electron chi connectivity index (χ4n) is 5.18. The second-order valence-corrected chi connectivity index (χ2v) is 12.0. The van der Waals surface area contributed by atoms with E-state index in [9.17, 15) is 18.7 Å². The monoisotopic (exact) mass is 608 g/mol. The Morgan fingerprint density at radius 1 is 1.20 bits per heavy atom. The number of thiazole rings is 1. The van der Waals surface area contributed by atoms with Crippen LogP contribution in [0.3, 0.4) is 0 Å². The van der Waals surface area contributed by atoms with Gasteiger partial charge in [-0.25, -0.2) is 18.6 Å². The van der Waals surface area contributed by atoms with Gasteiger partial charge in [-0.2, -0.15) is 0 Å². The van der Waals surface area contributed by atoms with Gasteiger partial charge in [-0.3, -0.25) is 0 Å². The Balaban J connectivity index is 1.19. The number of ether oxygens (including phenoxy) is 2. The molecule has 6 rings (SSSR count). The first-order valence-electron chi connectivity index (χ1n) is 12.8. The maximum Gasteiger partial charge on any atom is 0.343 e. The predicted octanol–water partition coefficient (Wildman–Crippen LogP) is 7.55. The molecule has 7 nitrogen and oxygen atoms in total. The van der Waals surface area contributed by atoms with E-state index < -0.39 is 28.8 Å². The van der Waals surface area contributed by atoms with Crippen molar-refractivity contribution in [1.29, 1.82) is 0 Å². The molecule has 0 bridgehead atoms. The lowest BCUT2D eigenvalue weighted by molar-refractivity contribution is -0.0640. The highest BCUT2D eigenvalue weighted by molar-refractivity contribution is 7.18. The molecule has 0 amide bonds. The number of hydrogen-bond acceptors (Lipinski definition) is 8. The second kappa shape index (κ2) is 10.6. The van der Waals surface area contributed by atoms with Gasteiger partial charge in [0, 0.05) is 23.1 Å². The molecule has 0 unspecified atom stereocenters. The quantitative estimate of drug-likeness (QED) is 0.216. The van der Waals surface area contributed by atoms with Gasteiger partial charge in [0.05, 0.1) is 40.1 Å². The Hall–Kier alpha value is -2.63. The summed E-state index contributed by atoms with van der Waals surface area (Å²) in [6.45, 7) is 0.247. The van der Waals surface area contributed by atoms with Gasteiger partial charge >= 0.3 is 5.97 Å². The summed E-state index contributed by atoms with van der Waals surface area (Å²) >= 11 is 13.8. The van der Waals surface area contributed by atoms with Gasteiger partial charge in [-0.1, -0.05) is 34.4 Å². The average Bonchev–Trinajstić information content (AvgIpc) is 3.54. The van der Waals surface area contributed by atoms with Crippen LogP contribution in [0, 0.1) is 11.6 Å². The lowest BCUT2D eigenvalue weighted by Crippen LogP contribution is -2.34. The van der Waals surface area contributed by atoms with Crippen molar-refractivity contribution in [2.24, 2.45) is 0 Å². The summed E-state index contributed by atoms with van der Waals surface area (Å²) in [5.41, 5.74) is -0.0626. The van der Waals surface area contributed by atoms with Crippen LogP contribution in [0.5, 0.6) is 0 Å². The van der Waals surface area contributed by atoms with Crippen molar-refractivity contribution in [3.63, 3.8) is 0 Å². The normalized spacial score (nSPS) is 21.2. The van der Waals surface area contributed by atoms with Crippen LogP contribution in [0.15, 0.2) is 28.8 Å². The van der Waals surface area contributed by atoms with Crippen LogP contribution < -0.4 is 0 Å². The Morgan fingerprint density at radius 3 is 2.55 bits per heavy atom. The summed E-state index contributed by atoms with van der Waals surface area (Å²) in [5.74, 6) is -2.13. The average molecular weight is 609 g/mol. The number of aromatic nitrogens is 2. The third-order valence-corrected chi connectivity index (χ3v) is 9.44. The fraction of sp³-hybridized carbons (Fsp3) is 0.393. The van der Waals surface area contributed by atoms with Crippen LogP contribution in [0.1, 0.15) is 71.1 Å². The topological polar surface area (TPSA) is 94.7 Å². The Labute approximate surface area is 242 Å². The summed E-state index contributed by atoms with van der Waals surface area (Å²) in [4.78, 5) is 16.2. The van der Waals surface area contributed by atoms with E-state index in [1.165, 1.54) is 0 Å². The molecule has 0 aliphatic heterocycles. The van der Waals surface area contributed by atoms with Gasteiger partial charge in [0.2, 0.25) is 0 Å². The molecule has 0 atom stereocenters. The maximum absolute atomic E-state index is 15.0. The lowest BCUT2D eigenvalue weighted by Gasteiger charge is -2.34. The number of carbonyl (C=O) groups is 1. The Morgan fingerprint density at radius 2 is 1.90 bits per heavy atom. The third-order valence-electron chi connectivity index (χ3n) is 7.55. The first-order valence-corrected chi connectivity index (χ1v) is 14.4. The minimum absolute atomic E-state index is 0.00516. The van der Waals surface area contributed by atoms with E-state index in [4.69, 9.17) is 32.5 Å². The van der Waals surface area contributed by atoms with Gasteiger partial charge in [-0.05, 0) is 50.7 Å². The summed E-state index contributed by atoms with van der Waals surface area (Å²) in [5, 5.41) is 16.9. The van der Waals surface area contributed by atoms with E-state index in [0.29, 0.717) is 52.9 Å². The van der Waals surface area contributed by atoms with Crippen molar-refractivity contribution in [2.75, 3.05) is 7.11 Å². The molecular weight excluding hydrogens is 585 g/mol. The van der Waals surface area contributed by atoms with Crippen LogP contribution in [0.25, 0.3) is 21.5 Å². The van der Waals surface area contributed by atoms with E-state index in [1.54, 1.807) is 18.2 Å². The van der Waals surface area contributed by atoms with Crippen molar-refractivity contribution < 1.29 is 32.7 Å². The number of methoxy groups -OCH3 is 1. The standard InChI is InChI=1S/C28H24Cl2F2N2O5S/c1-37-26(35)21-18(31)11-19-25(22(21)32)40-27(33-19)28(36)9-7-14(8-10-28)38-12-15-23(34-39-24(15)13-5-6-13)20-16(29)3-2-4-17(20)30/h2-4,11,13-14,36H,5-10,12H2,1H3. The number of fused-ring (bicyclic) bond motifs is 1. The minimum Gasteiger partial charge on any atom is -0.465 e. The predicted molar refractivity (Wildman–Crippen MR) is 146 cm³/mol. The number of benzene rings is 2. The molecule has 0 spiro atoms. The van der Waals surface area contributed by atoms with Gasteiger partial charge in [-0.15, -0.1) is 11.3 Å². The highest BCUT2D eigenvalue weighted by Crippen LogP contribution is 2.47. The van der Waals surface area contributed by atoms with Crippen LogP contribution in [-0.2, 0) is 21.7 Å². The molecule has 0 radical (unpaired) electrons. The molecule has 2 fully saturated rings. The Kier molecular flexibility index (Phi) is 7.33. The summed E-state index contributed by atoms with van der Waals surface area (Å²) in [7, 11) is 1.05. The van der Waals surface area contributed by atoms with Crippen molar-refractivity contribution in [3.05, 3.63) is 67.8 Å². The number of aliphatic hydroxyl groups is 1. The smallest absolute Gasteiger partial charge is 0.343 e. The molecule has 2 heterocycles. The van der Waals surface area contributed by atoms with Crippen LogP contribution >= 0.6 is 34.5 Å². The molecule has 2 saturated carbocycles. The van der Waals surface area contributed by atoms with Gasteiger partial charge in [0.15, 0.2) is 5.82 Å². The van der Waals surface area contributed by atoms with Crippen LogP contribution in [0.2, 0.25) is 10.0 Å². The first-order chi connectivity index (χ1) is 19.2. The van der Waals surface area contributed by atoms with Gasteiger partial charge in [0.1, 0.15) is 33.4 Å². The molecular formula is C28H24Cl2F2N2O5S. The largest absolute Gasteiger partial charge is 0.465 e. The van der Waals surface area contributed by atoms with E-state index in [-0.39, 0.29) is 27.9 Å². The summed E-state index contributed by atoms with van der Waals surface area (Å²) < 4.78 is 45.9. The van der Waals surface area contributed by atoms with Crippen molar-refractivity contribution in [1.82, 2.24) is 10.1 Å². The third kappa shape index (κ3) is 4.90. The number of hydrogen-bond donors (Lipinski definition) is 1. The molecule has 0 saturated heterocycles.